The smallest absolute Gasteiger partial charge is 0.0915 e. The number of H-pyrrole nitrogens is 1. The Balaban J connectivity index is 1.85. The molecule has 0 saturated carbocycles. The number of nitrogens with one attached hydrogen (secondary N) is 2. The van der Waals surface area contributed by atoms with Crippen LogP contribution in [0, 0.1) is 6.92 Å². The first-order valence-corrected chi connectivity index (χ1v) is 6.17. The molecular weight excluding hydrogens is 250 g/mol. The number of aliphatic hydroxyl groups is 1. The van der Waals surface area contributed by atoms with Gasteiger partial charge >= 0.3 is 0 Å². The van der Waals surface area contributed by atoms with E-state index in [1.807, 2.05) is 19.1 Å². The number of hydrogen-bond acceptors (Lipinski definition) is 3. The maximum Gasteiger partial charge on any atom is 0.0915 e. The molecule has 0 saturated heterocycles. The maximum absolute atomic E-state index is 10.00. The molecule has 0 radical (unpaired) electrons. The van der Waals surface area contributed by atoms with Crippen LogP contribution in [-0.4, -0.2) is 21.8 Å². The van der Waals surface area contributed by atoms with Gasteiger partial charge in [0.05, 0.1) is 12.3 Å². The van der Waals surface area contributed by atoms with Gasteiger partial charge in [0.1, 0.15) is 0 Å². The summed E-state index contributed by atoms with van der Waals surface area (Å²) in [4.78, 5) is 0. The Morgan fingerprint density at radius 3 is 3.00 bits per heavy atom. The predicted octanol–water partition coefficient (Wildman–Crippen LogP) is 2.19. The molecule has 4 nitrogen and oxygen atoms in total. The van der Waals surface area contributed by atoms with Gasteiger partial charge in [-0.3, -0.25) is 5.10 Å². The van der Waals surface area contributed by atoms with E-state index < -0.39 is 6.10 Å². The second-order valence-electron chi connectivity index (χ2n) is 4.22. The highest BCUT2D eigenvalue weighted by atomic mass is 35.5. The summed E-state index contributed by atoms with van der Waals surface area (Å²) in [6.07, 6.45) is 1.23. The summed E-state index contributed by atoms with van der Waals surface area (Å²) in [6.45, 7) is 3.13. The second-order valence-corrected chi connectivity index (χ2v) is 4.66. The van der Waals surface area contributed by atoms with Crippen LogP contribution in [0.5, 0.6) is 0 Å². The minimum absolute atomic E-state index is 0.477. The Bertz CT molecular complexity index is 512. The van der Waals surface area contributed by atoms with Crippen molar-refractivity contribution in [3.63, 3.8) is 0 Å². The molecule has 1 heterocycles. The Morgan fingerprint density at radius 1 is 1.50 bits per heavy atom. The molecule has 1 aromatic carbocycles. The molecule has 1 atom stereocenters. The van der Waals surface area contributed by atoms with Gasteiger partial charge in [0.25, 0.3) is 0 Å². The molecule has 0 spiro atoms. The van der Waals surface area contributed by atoms with Crippen LogP contribution in [0.4, 0.5) is 0 Å². The number of aromatic amines is 1. The monoisotopic (exact) mass is 265 g/mol. The maximum atomic E-state index is 10.00. The summed E-state index contributed by atoms with van der Waals surface area (Å²) in [5.41, 5.74) is 2.96. The molecule has 5 heteroatoms. The number of benzene rings is 1. The van der Waals surface area contributed by atoms with Gasteiger partial charge in [0, 0.05) is 29.4 Å². The van der Waals surface area contributed by atoms with Gasteiger partial charge in [-0.2, -0.15) is 5.10 Å². The summed E-state index contributed by atoms with van der Waals surface area (Å²) in [5, 5.41) is 20.6. The van der Waals surface area contributed by atoms with Gasteiger partial charge in [-0.25, -0.2) is 0 Å². The van der Waals surface area contributed by atoms with Gasteiger partial charge in [0.2, 0.25) is 0 Å². The molecule has 0 aliphatic heterocycles. The highest BCUT2D eigenvalue weighted by molar-refractivity contribution is 6.30. The third kappa shape index (κ3) is 3.32. The SMILES string of the molecule is Cc1[nH]ncc1CNC[C@@H](O)c1cccc(Cl)c1. The van der Waals surface area contributed by atoms with E-state index in [2.05, 4.69) is 15.5 Å². The molecular formula is C13H16ClN3O. The van der Waals surface area contributed by atoms with Crippen LogP contribution in [0.15, 0.2) is 30.5 Å². The highest BCUT2D eigenvalue weighted by Crippen LogP contribution is 2.17. The third-order valence-corrected chi connectivity index (χ3v) is 3.06. The molecule has 0 aliphatic rings. The van der Waals surface area contributed by atoms with Crippen LogP contribution in [0.2, 0.25) is 5.02 Å². The van der Waals surface area contributed by atoms with Crippen molar-refractivity contribution in [1.29, 1.82) is 0 Å². The van der Waals surface area contributed by atoms with E-state index in [4.69, 9.17) is 11.6 Å². The Labute approximate surface area is 111 Å². The highest BCUT2D eigenvalue weighted by Gasteiger charge is 2.08. The van der Waals surface area contributed by atoms with Crippen LogP contribution in [0.1, 0.15) is 22.9 Å². The van der Waals surface area contributed by atoms with E-state index in [0.29, 0.717) is 18.1 Å². The molecule has 2 rings (SSSR count). The average Bonchev–Trinajstić information content (AvgIpc) is 2.75. The third-order valence-electron chi connectivity index (χ3n) is 2.82. The lowest BCUT2D eigenvalue weighted by atomic mass is 10.1. The normalized spacial score (nSPS) is 12.6. The van der Waals surface area contributed by atoms with Crippen molar-refractivity contribution in [2.75, 3.05) is 6.54 Å². The molecule has 0 bridgehead atoms. The molecule has 18 heavy (non-hydrogen) atoms. The number of aromatic nitrogens is 2. The Morgan fingerprint density at radius 2 is 2.33 bits per heavy atom. The van der Waals surface area contributed by atoms with Gasteiger partial charge < -0.3 is 10.4 Å². The molecule has 2 aromatic rings. The van der Waals surface area contributed by atoms with Crippen molar-refractivity contribution < 1.29 is 5.11 Å². The predicted molar refractivity (Wildman–Crippen MR) is 71.4 cm³/mol. The lowest BCUT2D eigenvalue weighted by Crippen LogP contribution is -2.21. The molecule has 0 fully saturated rings. The fourth-order valence-corrected chi connectivity index (χ4v) is 1.93. The van der Waals surface area contributed by atoms with Crippen molar-refractivity contribution in [1.82, 2.24) is 15.5 Å². The van der Waals surface area contributed by atoms with E-state index in [9.17, 15) is 5.11 Å². The van der Waals surface area contributed by atoms with Crippen molar-refractivity contribution >= 4 is 11.6 Å². The lowest BCUT2D eigenvalue weighted by molar-refractivity contribution is 0.174. The number of hydrogen-bond donors (Lipinski definition) is 3. The van der Waals surface area contributed by atoms with Gasteiger partial charge in [-0.15, -0.1) is 0 Å². The lowest BCUT2D eigenvalue weighted by Gasteiger charge is -2.12. The molecule has 0 unspecified atom stereocenters. The minimum atomic E-state index is -0.559. The Hall–Kier alpha value is -1.36. The molecule has 0 amide bonds. The van der Waals surface area contributed by atoms with Gasteiger partial charge in [-0.05, 0) is 24.6 Å². The zero-order valence-electron chi connectivity index (χ0n) is 10.2. The van der Waals surface area contributed by atoms with Crippen LogP contribution in [0.3, 0.4) is 0 Å². The van der Waals surface area contributed by atoms with Gasteiger partial charge in [0.15, 0.2) is 0 Å². The van der Waals surface area contributed by atoms with Crippen LogP contribution >= 0.6 is 11.6 Å². The molecule has 1 aromatic heterocycles. The van der Waals surface area contributed by atoms with Crippen LogP contribution < -0.4 is 5.32 Å². The number of aryl methyl sites for hydroxylation is 1. The summed E-state index contributed by atoms with van der Waals surface area (Å²) in [6, 6.07) is 7.26. The zero-order valence-corrected chi connectivity index (χ0v) is 10.9. The van der Waals surface area contributed by atoms with E-state index in [-0.39, 0.29) is 0 Å². The quantitative estimate of drug-likeness (QED) is 0.777. The van der Waals surface area contributed by atoms with Crippen molar-refractivity contribution in [2.24, 2.45) is 0 Å². The first kappa shape index (κ1) is 13.1. The van der Waals surface area contributed by atoms with Crippen LogP contribution in [-0.2, 0) is 6.54 Å². The zero-order chi connectivity index (χ0) is 13.0. The number of rotatable bonds is 5. The molecule has 3 N–H and O–H groups in total. The van der Waals surface area contributed by atoms with Crippen molar-refractivity contribution in [3.8, 4) is 0 Å². The van der Waals surface area contributed by atoms with E-state index in [1.54, 1.807) is 18.3 Å². The number of halogens is 1. The van der Waals surface area contributed by atoms with Gasteiger partial charge in [-0.1, -0.05) is 23.7 Å². The van der Waals surface area contributed by atoms with E-state index in [0.717, 1.165) is 16.8 Å². The fraction of sp³-hybridized carbons (Fsp3) is 0.308. The summed E-state index contributed by atoms with van der Waals surface area (Å²) >= 11 is 5.88. The first-order chi connectivity index (χ1) is 8.66. The van der Waals surface area contributed by atoms with Crippen molar-refractivity contribution in [2.45, 2.75) is 19.6 Å². The second kappa shape index (κ2) is 6.00. The van der Waals surface area contributed by atoms with E-state index >= 15 is 0 Å². The summed E-state index contributed by atoms with van der Waals surface area (Å²) in [5.74, 6) is 0. The topological polar surface area (TPSA) is 60.9 Å². The van der Waals surface area contributed by atoms with Crippen LogP contribution in [0.25, 0.3) is 0 Å². The summed E-state index contributed by atoms with van der Waals surface area (Å²) in [7, 11) is 0. The minimum Gasteiger partial charge on any atom is -0.387 e. The standard InChI is InChI=1S/C13H16ClN3O/c1-9-11(7-16-17-9)6-15-8-13(18)10-3-2-4-12(14)5-10/h2-5,7,13,15,18H,6,8H2,1H3,(H,16,17)/t13-/m1/s1. The first-order valence-electron chi connectivity index (χ1n) is 5.80. The Kier molecular flexibility index (Phi) is 4.36. The fourth-order valence-electron chi connectivity index (χ4n) is 1.73. The number of nitrogens with zero attached hydrogens (tertiary/aromatic N) is 1. The van der Waals surface area contributed by atoms with E-state index in [1.165, 1.54) is 0 Å². The summed E-state index contributed by atoms with van der Waals surface area (Å²) < 4.78 is 0. The largest absolute Gasteiger partial charge is 0.387 e. The molecule has 0 aliphatic carbocycles. The average molecular weight is 266 g/mol. The number of aliphatic hydroxyl groups excluding tert-OH is 1. The molecule has 96 valence electrons. The van der Waals surface area contributed by atoms with Crippen molar-refractivity contribution in [3.05, 3.63) is 52.3 Å².